The summed E-state index contributed by atoms with van der Waals surface area (Å²) in [5.74, 6) is 1.48. The molecule has 0 bridgehead atoms. The van der Waals surface area contributed by atoms with Crippen LogP contribution >= 0.6 is 11.6 Å². The summed E-state index contributed by atoms with van der Waals surface area (Å²) in [7, 11) is 0. The van der Waals surface area contributed by atoms with Gasteiger partial charge in [-0.1, -0.05) is 152 Å². The molecule has 0 aliphatic rings. The molecule has 0 spiro atoms. The van der Waals surface area contributed by atoms with E-state index in [4.69, 9.17) is 21.9 Å². The van der Waals surface area contributed by atoms with Crippen molar-refractivity contribution in [2.24, 2.45) is 0 Å². The van der Waals surface area contributed by atoms with Crippen molar-refractivity contribution in [2.45, 2.75) is 38.3 Å². The maximum atomic E-state index is 10.1. The number of rotatable bonds is 11. The maximum absolute atomic E-state index is 10.1. The van der Waals surface area contributed by atoms with Crippen LogP contribution in [0.3, 0.4) is 0 Å². The zero-order valence-corrected chi connectivity index (χ0v) is 27.4. The van der Waals surface area contributed by atoms with Gasteiger partial charge in [-0.15, -0.1) is 5.10 Å². The fraction of sp³-hybridized carbons (Fsp3) is 0.150. The molecular formula is C40H35ClN6O. The van der Waals surface area contributed by atoms with Crippen molar-refractivity contribution in [2.75, 3.05) is 0 Å². The van der Waals surface area contributed by atoms with Gasteiger partial charge in [-0.3, -0.25) is 4.57 Å². The lowest BCUT2D eigenvalue weighted by molar-refractivity contribution is 0.274. The molecule has 7 aromatic rings. The molecule has 0 amide bonds. The van der Waals surface area contributed by atoms with Crippen molar-refractivity contribution < 1.29 is 5.11 Å². The summed E-state index contributed by atoms with van der Waals surface area (Å²) in [4.78, 5) is 4.57. The Morgan fingerprint density at radius 2 is 1.23 bits per heavy atom. The van der Waals surface area contributed by atoms with Gasteiger partial charge in [-0.25, -0.2) is 9.67 Å². The first kappa shape index (κ1) is 31.2. The average Bonchev–Trinajstić information content (AvgIpc) is 3.77. The first-order valence-corrected chi connectivity index (χ1v) is 16.6. The summed E-state index contributed by atoms with van der Waals surface area (Å²) in [6, 6.07) is 47.7. The number of nitrogens with zero attached hydrogens (tertiary/aromatic N) is 6. The fourth-order valence-electron chi connectivity index (χ4n) is 6.63. The number of hydrogen-bond acceptors (Lipinski definition) is 5. The van der Waals surface area contributed by atoms with Gasteiger partial charge in [0.2, 0.25) is 0 Å². The lowest BCUT2D eigenvalue weighted by Crippen LogP contribution is -2.39. The predicted octanol–water partition coefficient (Wildman–Crippen LogP) is 8.52. The van der Waals surface area contributed by atoms with E-state index in [0.29, 0.717) is 16.7 Å². The first-order chi connectivity index (χ1) is 23.7. The van der Waals surface area contributed by atoms with Crippen LogP contribution in [-0.2, 0) is 18.6 Å². The molecule has 2 aromatic heterocycles. The lowest BCUT2D eigenvalue weighted by Gasteiger charge is -2.36. The van der Waals surface area contributed by atoms with Crippen molar-refractivity contribution in [3.05, 3.63) is 173 Å². The summed E-state index contributed by atoms with van der Waals surface area (Å²) in [6.07, 6.45) is 2.79. The molecule has 0 fully saturated rings. The van der Waals surface area contributed by atoms with Crippen molar-refractivity contribution in [1.82, 2.24) is 29.8 Å². The standard InChI is InChI=1S/C40H35ClN6O/c1-2-3-23-37-42-38(41)36(28-48)46(37)33-26-24-29(25-27-33)34-21-13-14-22-35(34)39-43-44-45-47(39)40(30-15-7-4-8-16-30,31-17-9-5-10-18-31)32-19-11-6-12-20-32/h4-22,24-27,48H,2-3,23,28H2,1H3. The molecule has 48 heavy (non-hydrogen) atoms. The Morgan fingerprint density at radius 1 is 0.688 bits per heavy atom. The van der Waals surface area contributed by atoms with Crippen LogP contribution in [0.15, 0.2) is 140 Å². The molecule has 5 aromatic carbocycles. The largest absolute Gasteiger partial charge is 0.390 e. The van der Waals surface area contributed by atoms with E-state index < -0.39 is 5.54 Å². The second-order valence-corrected chi connectivity index (χ2v) is 12.0. The minimum absolute atomic E-state index is 0.197. The van der Waals surface area contributed by atoms with Crippen LogP contribution in [0.4, 0.5) is 0 Å². The number of tetrazole rings is 1. The Bertz CT molecular complexity index is 2010. The van der Waals surface area contributed by atoms with Gasteiger partial charge in [-0.05, 0) is 56.8 Å². The van der Waals surface area contributed by atoms with E-state index in [1.54, 1.807) is 0 Å². The predicted molar refractivity (Wildman–Crippen MR) is 190 cm³/mol. The third-order valence-electron chi connectivity index (χ3n) is 8.86. The zero-order valence-electron chi connectivity index (χ0n) is 26.6. The van der Waals surface area contributed by atoms with Gasteiger partial charge in [-0.2, -0.15) is 0 Å². The molecule has 0 radical (unpaired) electrons. The molecule has 0 atom stereocenters. The highest BCUT2D eigenvalue weighted by molar-refractivity contribution is 6.30. The molecule has 7 rings (SSSR count). The molecular weight excluding hydrogens is 616 g/mol. The number of benzene rings is 5. The van der Waals surface area contributed by atoms with Crippen molar-refractivity contribution in [3.8, 4) is 28.2 Å². The van der Waals surface area contributed by atoms with Crippen molar-refractivity contribution in [3.63, 3.8) is 0 Å². The molecule has 8 heteroatoms. The minimum Gasteiger partial charge on any atom is -0.390 e. The third-order valence-corrected chi connectivity index (χ3v) is 9.17. The molecule has 0 unspecified atom stereocenters. The molecule has 7 nitrogen and oxygen atoms in total. The third kappa shape index (κ3) is 5.51. The normalized spacial score (nSPS) is 11.6. The molecule has 1 N–H and O–H groups in total. The van der Waals surface area contributed by atoms with Gasteiger partial charge in [0.25, 0.3) is 0 Å². The molecule has 0 aliphatic heterocycles. The van der Waals surface area contributed by atoms with Crippen LogP contribution in [-0.4, -0.2) is 34.9 Å². The van der Waals surface area contributed by atoms with E-state index in [1.807, 2.05) is 51.7 Å². The SMILES string of the molecule is CCCCc1nc(Cl)c(CO)n1-c1ccc(-c2ccccc2-c2nnnn2C(c2ccccc2)(c2ccccc2)c2ccccc2)cc1. The van der Waals surface area contributed by atoms with Crippen LogP contribution < -0.4 is 0 Å². The summed E-state index contributed by atoms with van der Waals surface area (Å²) >= 11 is 6.46. The highest BCUT2D eigenvalue weighted by Crippen LogP contribution is 2.43. The highest BCUT2D eigenvalue weighted by Gasteiger charge is 2.42. The van der Waals surface area contributed by atoms with Gasteiger partial charge in [0.1, 0.15) is 11.4 Å². The number of halogens is 1. The number of unbranched alkanes of at least 4 members (excludes halogenated alkanes) is 1. The van der Waals surface area contributed by atoms with Gasteiger partial charge < -0.3 is 5.11 Å². The monoisotopic (exact) mass is 650 g/mol. The number of aromatic nitrogens is 6. The van der Waals surface area contributed by atoms with E-state index in [2.05, 4.69) is 114 Å². The van der Waals surface area contributed by atoms with Gasteiger partial charge in [0.15, 0.2) is 11.0 Å². The summed E-state index contributed by atoms with van der Waals surface area (Å²) in [5.41, 5.74) is 6.62. The second-order valence-electron chi connectivity index (χ2n) is 11.7. The number of aliphatic hydroxyl groups excluding tert-OH is 1. The fourth-order valence-corrected chi connectivity index (χ4v) is 6.87. The van der Waals surface area contributed by atoms with Crippen LogP contribution in [0.2, 0.25) is 5.15 Å². The molecule has 0 aliphatic carbocycles. The molecule has 238 valence electrons. The van der Waals surface area contributed by atoms with Crippen LogP contribution in [0, 0.1) is 0 Å². The first-order valence-electron chi connectivity index (χ1n) is 16.2. The summed E-state index contributed by atoms with van der Waals surface area (Å²) < 4.78 is 3.93. The quantitative estimate of drug-likeness (QED) is 0.142. The number of aliphatic hydroxyl groups is 1. The lowest BCUT2D eigenvalue weighted by atomic mass is 9.77. The Balaban J connectivity index is 1.39. The van der Waals surface area contributed by atoms with Crippen LogP contribution in [0.1, 0.15) is 48.0 Å². The maximum Gasteiger partial charge on any atom is 0.184 e. The van der Waals surface area contributed by atoms with Gasteiger partial charge in [0.05, 0.1) is 12.3 Å². The highest BCUT2D eigenvalue weighted by atomic mass is 35.5. The van der Waals surface area contributed by atoms with Crippen LogP contribution in [0.25, 0.3) is 28.2 Å². The Hall–Kier alpha value is -5.37. The minimum atomic E-state index is -0.865. The molecule has 2 heterocycles. The number of hydrogen-bond donors (Lipinski definition) is 1. The Labute approximate surface area is 285 Å². The summed E-state index contributed by atoms with van der Waals surface area (Å²) in [6.45, 7) is 1.95. The number of imidazole rings is 1. The average molecular weight is 651 g/mol. The smallest absolute Gasteiger partial charge is 0.184 e. The van der Waals surface area contributed by atoms with E-state index in [1.165, 1.54) is 0 Å². The second kappa shape index (κ2) is 13.8. The number of aryl methyl sites for hydroxylation is 1. The van der Waals surface area contributed by atoms with Crippen molar-refractivity contribution >= 4 is 11.6 Å². The van der Waals surface area contributed by atoms with Crippen molar-refractivity contribution in [1.29, 1.82) is 0 Å². The molecule has 0 saturated heterocycles. The van der Waals surface area contributed by atoms with Gasteiger partial charge in [0, 0.05) is 17.7 Å². The van der Waals surface area contributed by atoms with Gasteiger partial charge >= 0.3 is 0 Å². The summed E-state index contributed by atoms with van der Waals surface area (Å²) in [5, 5.41) is 24.2. The van der Waals surface area contributed by atoms with E-state index in [-0.39, 0.29) is 6.61 Å². The zero-order chi connectivity index (χ0) is 32.9. The van der Waals surface area contributed by atoms with E-state index >= 15 is 0 Å². The Kier molecular flexibility index (Phi) is 8.97. The van der Waals surface area contributed by atoms with Crippen LogP contribution in [0.5, 0.6) is 0 Å². The molecule has 0 saturated carbocycles. The van der Waals surface area contributed by atoms with E-state index in [9.17, 15) is 5.11 Å². The topological polar surface area (TPSA) is 81.7 Å². The Morgan fingerprint density at radius 3 is 1.77 bits per heavy atom. The van der Waals surface area contributed by atoms with E-state index in [0.717, 1.165) is 64.2 Å².